The summed E-state index contributed by atoms with van der Waals surface area (Å²) in [6, 6.07) is 23.5. The number of hydrogen-bond acceptors (Lipinski definition) is 4. The zero-order chi connectivity index (χ0) is 28.3. The molecule has 1 atom stereocenters. The van der Waals surface area contributed by atoms with Crippen molar-refractivity contribution in [1.29, 1.82) is 0 Å². The zero-order valence-electron chi connectivity index (χ0n) is 24.4. The van der Waals surface area contributed by atoms with Crippen molar-refractivity contribution in [3.63, 3.8) is 0 Å². The minimum absolute atomic E-state index is 0.0884. The van der Waals surface area contributed by atoms with E-state index in [0.29, 0.717) is 18.4 Å². The molecule has 1 saturated carbocycles. The van der Waals surface area contributed by atoms with Gasteiger partial charge in [-0.15, -0.1) is 0 Å². The number of carbonyl (C=O) groups is 1. The molecule has 1 saturated heterocycles. The van der Waals surface area contributed by atoms with Crippen LogP contribution in [0.2, 0.25) is 0 Å². The predicted octanol–water partition coefficient (Wildman–Crippen LogP) is 7.92. The summed E-state index contributed by atoms with van der Waals surface area (Å²) in [6.07, 6.45) is 4.56. The Kier molecular flexibility index (Phi) is 8.39. The quantitative estimate of drug-likeness (QED) is 0.282. The number of aliphatic carboxylic acids is 1. The second-order valence-corrected chi connectivity index (χ2v) is 12.6. The molecule has 1 unspecified atom stereocenters. The van der Waals surface area contributed by atoms with E-state index in [2.05, 4.69) is 80.3 Å². The molecule has 1 aliphatic carbocycles. The molecule has 0 radical (unpaired) electrons. The lowest BCUT2D eigenvalue weighted by molar-refractivity contribution is -0.137. The van der Waals surface area contributed by atoms with E-state index in [1.54, 1.807) is 7.11 Å². The molecule has 1 N–H and O–H groups in total. The molecule has 3 aromatic rings. The van der Waals surface area contributed by atoms with Crippen molar-refractivity contribution in [3.8, 4) is 22.6 Å². The van der Waals surface area contributed by atoms with Gasteiger partial charge in [0.2, 0.25) is 0 Å². The highest BCUT2D eigenvalue weighted by Gasteiger charge is 2.34. The number of piperidine rings is 1. The number of rotatable bonds is 10. The van der Waals surface area contributed by atoms with Crippen molar-refractivity contribution < 1.29 is 19.4 Å². The standard InChI is InChI=1S/C35H43NO4/c1-35(2,3)28-9-5-7-26(19-28)31-14-13-29(39-4)21-33(31)36-17-15-24(16-18-36)23-40-30-10-6-8-27(20-30)32(22-34(37)38)25-11-12-25/h5-10,13-14,19-21,24-25,32H,11-12,15-18,22-23H2,1-4H3,(H,37,38). The molecule has 0 aromatic heterocycles. The summed E-state index contributed by atoms with van der Waals surface area (Å²) < 4.78 is 11.9. The Labute approximate surface area is 239 Å². The van der Waals surface area contributed by atoms with Crippen molar-refractivity contribution in [2.24, 2.45) is 11.8 Å². The average molecular weight is 542 g/mol. The molecule has 1 heterocycles. The van der Waals surface area contributed by atoms with E-state index in [-0.39, 0.29) is 17.8 Å². The van der Waals surface area contributed by atoms with E-state index in [1.165, 1.54) is 22.4 Å². The number of hydrogen-bond donors (Lipinski definition) is 1. The molecule has 2 aliphatic rings. The molecular formula is C35H43NO4. The van der Waals surface area contributed by atoms with E-state index < -0.39 is 5.97 Å². The fourth-order valence-corrected chi connectivity index (χ4v) is 5.93. The molecule has 5 nitrogen and oxygen atoms in total. The van der Waals surface area contributed by atoms with Crippen molar-refractivity contribution in [1.82, 2.24) is 0 Å². The molecule has 5 rings (SSSR count). The summed E-state index contributed by atoms with van der Waals surface area (Å²) in [4.78, 5) is 13.9. The Bertz CT molecular complexity index is 1310. The van der Waals surface area contributed by atoms with E-state index in [4.69, 9.17) is 9.47 Å². The Morgan fingerprint density at radius 1 is 0.950 bits per heavy atom. The van der Waals surface area contributed by atoms with Crippen LogP contribution >= 0.6 is 0 Å². The summed E-state index contributed by atoms with van der Waals surface area (Å²) in [5.74, 6) is 2.07. The van der Waals surface area contributed by atoms with Crippen LogP contribution in [0.1, 0.15) is 69.9 Å². The molecule has 3 aromatic carbocycles. The van der Waals surface area contributed by atoms with Gasteiger partial charge in [-0.25, -0.2) is 0 Å². The minimum atomic E-state index is -0.726. The van der Waals surface area contributed by atoms with Crippen LogP contribution in [0.3, 0.4) is 0 Å². The molecule has 1 aliphatic heterocycles. The molecular weight excluding hydrogens is 498 g/mol. The Morgan fingerprint density at radius 2 is 1.70 bits per heavy atom. The van der Waals surface area contributed by atoms with E-state index >= 15 is 0 Å². The van der Waals surface area contributed by atoms with Gasteiger partial charge in [0.25, 0.3) is 0 Å². The SMILES string of the molecule is COc1ccc(-c2cccc(C(C)(C)C)c2)c(N2CCC(COc3cccc(C(CC(=O)O)C4CC4)c3)CC2)c1. The predicted molar refractivity (Wildman–Crippen MR) is 162 cm³/mol. The molecule has 0 amide bonds. The number of methoxy groups -OCH3 is 1. The van der Waals surface area contributed by atoms with Gasteiger partial charge >= 0.3 is 5.97 Å². The van der Waals surface area contributed by atoms with Crippen LogP contribution < -0.4 is 14.4 Å². The molecule has 2 fully saturated rings. The summed E-state index contributed by atoms with van der Waals surface area (Å²) >= 11 is 0. The lowest BCUT2D eigenvalue weighted by Gasteiger charge is -2.35. The lowest BCUT2D eigenvalue weighted by atomic mass is 9.85. The zero-order valence-corrected chi connectivity index (χ0v) is 24.4. The maximum absolute atomic E-state index is 11.4. The van der Waals surface area contributed by atoms with Crippen LogP contribution in [-0.2, 0) is 10.2 Å². The molecule has 5 heteroatoms. The number of carboxylic acid groups (broad SMARTS) is 1. The van der Waals surface area contributed by atoms with Crippen LogP contribution in [0.25, 0.3) is 11.1 Å². The van der Waals surface area contributed by atoms with Crippen LogP contribution in [0.4, 0.5) is 5.69 Å². The number of carboxylic acids is 1. The second kappa shape index (κ2) is 12.0. The average Bonchev–Trinajstić information content (AvgIpc) is 3.80. The largest absolute Gasteiger partial charge is 0.497 e. The molecule has 40 heavy (non-hydrogen) atoms. The third-order valence-electron chi connectivity index (χ3n) is 8.56. The summed E-state index contributed by atoms with van der Waals surface area (Å²) in [5, 5.41) is 9.38. The van der Waals surface area contributed by atoms with Crippen LogP contribution in [-0.4, -0.2) is 37.9 Å². The van der Waals surface area contributed by atoms with Crippen LogP contribution in [0.15, 0.2) is 66.7 Å². The summed E-state index contributed by atoms with van der Waals surface area (Å²) in [5.41, 5.74) is 6.22. The molecule has 0 bridgehead atoms. The van der Waals surface area contributed by atoms with Crippen molar-refractivity contribution in [2.45, 2.75) is 64.2 Å². The smallest absolute Gasteiger partial charge is 0.303 e. The minimum Gasteiger partial charge on any atom is -0.497 e. The highest BCUT2D eigenvalue weighted by molar-refractivity contribution is 5.80. The number of ether oxygens (including phenoxy) is 2. The lowest BCUT2D eigenvalue weighted by Crippen LogP contribution is -2.35. The number of anilines is 1. The summed E-state index contributed by atoms with van der Waals surface area (Å²) in [6.45, 7) is 9.39. The summed E-state index contributed by atoms with van der Waals surface area (Å²) in [7, 11) is 1.73. The highest BCUT2D eigenvalue weighted by atomic mass is 16.5. The maximum Gasteiger partial charge on any atom is 0.303 e. The second-order valence-electron chi connectivity index (χ2n) is 12.6. The van der Waals surface area contributed by atoms with E-state index in [9.17, 15) is 9.90 Å². The highest BCUT2D eigenvalue weighted by Crippen LogP contribution is 2.45. The van der Waals surface area contributed by atoms with Gasteiger partial charge in [0, 0.05) is 30.4 Å². The Balaban J connectivity index is 1.24. The van der Waals surface area contributed by atoms with Crippen molar-refractivity contribution in [3.05, 3.63) is 77.9 Å². The van der Waals surface area contributed by atoms with Crippen molar-refractivity contribution in [2.75, 3.05) is 31.7 Å². The van der Waals surface area contributed by atoms with Gasteiger partial charge in [-0.2, -0.15) is 0 Å². The first kappa shape index (κ1) is 28.1. The first-order valence-corrected chi connectivity index (χ1v) is 14.7. The first-order chi connectivity index (χ1) is 19.2. The van der Waals surface area contributed by atoms with Gasteiger partial charge < -0.3 is 19.5 Å². The fraction of sp³-hybridized carbons (Fsp3) is 0.457. The van der Waals surface area contributed by atoms with Gasteiger partial charge in [0.1, 0.15) is 11.5 Å². The Hall–Kier alpha value is -3.47. The number of nitrogens with zero attached hydrogens (tertiary/aromatic N) is 1. The topological polar surface area (TPSA) is 59.0 Å². The monoisotopic (exact) mass is 541 g/mol. The molecule has 0 spiro atoms. The van der Waals surface area contributed by atoms with Crippen molar-refractivity contribution >= 4 is 11.7 Å². The Morgan fingerprint density at radius 3 is 2.38 bits per heavy atom. The normalized spacial score (nSPS) is 16.9. The van der Waals surface area contributed by atoms with E-state index in [0.717, 1.165) is 55.8 Å². The van der Waals surface area contributed by atoms with Crippen LogP contribution in [0, 0.1) is 11.8 Å². The van der Waals surface area contributed by atoms with Gasteiger partial charge in [0.05, 0.1) is 20.1 Å². The number of benzene rings is 3. The van der Waals surface area contributed by atoms with Gasteiger partial charge in [0.15, 0.2) is 0 Å². The molecule has 212 valence electrons. The maximum atomic E-state index is 11.4. The van der Waals surface area contributed by atoms with Gasteiger partial charge in [-0.3, -0.25) is 4.79 Å². The van der Waals surface area contributed by atoms with Crippen LogP contribution in [0.5, 0.6) is 11.5 Å². The van der Waals surface area contributed by atoms with Gasteiger partial charge in [-0.1, -0.05) is 57.2 Å². The van der Waals surface area contributed by atoms with Gasteiger partial charge in [-0.05, 0) is 89.8 Å². The van der Waals surface area contributed by atoms with E-state index in [1.807, 2.05) is 12.1 Å². The fourth-order valence-electron chi connectivity index (χ4n) is 5.93. The third kappa shape index (κ3) is 6.80. The third-order valence-corrected chi connectivity index (χ3v) is 8.56. The first-order valence-electron chi connectivity index (χ1n) is 14.7.